The van der Waals surface area contributed by atoms with Gasteiger partial charge in [0.05, 0.1) is 16.0 Å². The van der Waals surface area contributed by atoms with E-state index < -0.39 is 0 Å². The first-order valence-electron chi connectivity index (χ1n) is 4.69. The Balaban J connectivity index is 2.71. The van der Waals surface area contributed by atoms with E-state index in [1.165, 1.54) is 10.9 Å². The summed E-state index contributed by atoms with van der Waals surface area (Å²) < 4.78 is 0. The highest BCUT2D eigenvalue weighted by Gasteiger charge is 2.07. The quantitative estimate of drug-likeness (QED) is 0.697. The van der Waals surface area contributed by atoms with Crippen LogP contribution in [0.4, 0.5) is 0 Å². The van der Waals surface area contributed by atoms with E-state index in [4.69, 9.17) is 0 Å². The van der Waals surface area contributed by atoms with Gasteiger partial charge in [-0.3, -0.25) is 4.98 Å². The molecule has 0 amide bonds. The summed E-state index contributed by atoms with van der Waals surface area (Å²) in [6, 6.07) is 10.4. The number of benzene rings is 1. The molecule has 0 aliphatic heterocycles. The smallest absolute Gasteiger partial charge is 0.0705 e. The molecule has 2 rings (SSSR count). The molecule has 0 saturated carbocycles. The second-order valence-corrected chi connectivity index (χ2v) is 4.87. The predicted molar refractivity (Wildman–Crippen MR) is 63.8 cm³/mol. The van der Waals surface area contributed by atoms with Crippen LogP contribution in [-0.2, 0) is 0 Å². The highest BCUT2D eigenvalue weighted by molar-refractivity contribution is 9.09. The highest BCUT2D eigenvalue weighted by Crippen LogP contribution is 2.25. The third kappa shape index (κ3) is 1.67. The molecule has 1 aromatic carbocycles. The highest BCUT2D eigenvalue weighted by atomic mass is 79.9. The first-order chi connectivity index (χ1) is 6.68. The topological polar surface area (TPSA) is 12.9 Å². The summed E-state index contributed by atoms with van der Waals surface area (Å²) in [4.78, 5) is 4.94. The standard InChI is InChI=1S/C12H12BrN/c1-8-7-10-5-3-4-6-11(10)14-12(8)9(2)13/h3-7,9H,1-2H3/t9-/m1/s1. The number of aryl methyl sites for hydroxylation is 1. The van der Waals surface area contributed by atoms with E-state index in [0.717, 1.165) is 11.2 Å². The average molecular weight is 250 g/mol. The van der Waals surface area contributed by atoms with Gasteiger partial charge in [-0.25, -0.2) is 0 Å². The molecule has 0 aliphatic rings. The second kappa shape index (κ2) is 3.70. The van der Waals surface area contributed by atoms with Crippen LogP contribution in [0.15, 0.2) is 30.3 Å². The summed E-state index contributed by atoms with van der Waals surface area (Å²) in [6.07, 6.45) is 0. The Kier molecular flexibility index (Phi) is 2.55. The number of halogens is 1. The molecular formula is C12H12BrN. The zero-order valence-corrected chi connectivity index (χ0v) is 9.88. The van der Waals surface area contributed by atoms with E-state index in [-0.39, 0.29) is 0 Å². The van der Waals surface area contributed by atoms with E-state index in [1.54, 1.807) is 0 Å². The summed E-state index contributed by atoms with van der Waals surface area (Å²) in [5, 5.41) is 1.21. The number of fused-ring (bicyclic) bond motifs is 1. The molecule has 1 aromatic heterocycles. The Morgan fingerprint density at radius 1 is 1.29 bits per heavy atom. The molecule has 0 radical (unpaired) electrons. The van der Waals surface area contributed by atoms with Crippen molar-refractivity contribution >= 4 is 26.8 Å². The molecular weight excluding hydrogens is 238 g/mol. The molecule has 1 nitrogen and oxygen atoms in total. The van der Waals surface area contributed by atoms with Gasteiger partial charge < -0.3 is 0 Å². The predicted octanol–water partition coefficient (Wildman–Crippen LogP) is 4.00. The maximum atomic E-state index is 4.63. The van der Waals surface area contributed by atoms with E-state index in [0.29, 0.717) is 4.83 Å². The van der Waals surface area contributed by atoms with Gasteiger partial charge in [0.15, 0.2) is 0 Å². The van der Waals surface area contributed by atoms with Crippen molar-refractivity contribution in [3.63, 3.8) is 0 Å². The minimum atomic E-state index is 0.312. The molecule has 2 aromatic rings. The second-order valence-electron chi connectivity index (χ2n) is 3.50. The Morgan fingerprint density at radius 2 is 2.00 bits per heavy atom. The van der Waals surface area contributed by atoms with Crippen LogP contribution in [0.5, 0.6) is 0 Å². The molecule has 0 unspecified atom stereocenters. The monoisotopic (exact) mass is 249 g/mol. The maximum absolute atomic E-state index is 4.63. The Morgan fingerprint density at radius 3 is 2.71 bits per heavy atom. The van der Waals surface area contributed by atoms with Gasteiger partial charge in [0.25, 0.3) is 0 Å². The lowest BCUT2D eigenvalue weighted by Gasteiger charge is -2.08. The number of hydrogen-bond donors (Lipinski definition) is 0. The molecule has 0 aliphatic carbocycles. The molecule has 72 valence electrons. The van der Waals surface area contributed by atoms with Crippen LogP contribution >= 0.6 is 15.9 Å². The van der Waals surface area contributed by atoms with Gasteiger partial charge >= 0.3 is 0 Å². The molecule has 14 heavy (non-hydrogen) atoms. The Labute approximate surface area is 92.3 Å². The third-order valence-electron chi connectivity index (χ3n) is 2.33. The van der Waals surface area contributed by atoms with Gasteiger partial charge in [0.2, 0.25) is 0 Å². The number of aromatic nitrogens is 1. The molecule has 0 fully saturated rings. The number of alkyl halides is 1. The first-order valence-corrected chi connectivity index (χ1v) is 5.60. The van der Waals surface area contributed by atoms with Crippen LogP contribution in [0.25, 0.3) is 10.9 Å². The van der Waals surface area contributed by atoms with Gasteiger partial charge in [0, 0.05) is 5.39 Å². The summed E-state index contributed by atoms with van der Waals surface area (Å²) in [6.45, 7) is 4.20. The minimum Gasteiger partial charge on any atom is -0.251 e. The zero-order chi connectivity index (χ0) is 10.1. The third-order valence-corrected chi connectivity index (χ3v) is 2.76. The van der Waals surface area contributed by atoms with Crippen molar-refractivity contribution in [3.05, 3.63) is 41.6 Å². The fourth-order valence-electron chi connectivity index (χ4n) is 1.64. The van der Waals surface area contributed by atoms with Gasteiger partial charge in [-0.1, -0.05) is 34.1 Å². The summed E-state index contributed by atoms with van der Waals surface area (Å²) in [7, 11) is 0. The lowest BCUT2D eigenvalue weighted by atomic mass is 10.1. The summed E-state index contributed by atoms with van der Waals surface area (Å²) in [5.74, 6) is 0. The SMILES string of the molecule is Cc1cc2ccccc2nc1[C@@H](C)Br. The summed E-state index contributed by atoms with van der Waals surface area (Å²) >= 11 is 3.56. The zero-order valence-electron chi connectivity index (χ0n) is 8.29. The van der Waals surface area contributed by atoms with E-state index in [9.17, 15) is 0 Å². The van der Waals surface area contributed by atoms with Gasteiger partial charge in [-0.2, -0.15) is 0 Å². The van der Waals surface area contributed by atoms with Gasteiger partial charge in [-0.15, -0.1) is 0 Å². The largest absolute Gasteiger partial charge is 0.251 e. The lowest BCUT2D eigenvalue weighted by molar-refractivity contribution is 1.02. The van der Waals surface area contributed by atoms with Crippen molar-refractivity contribution in [2.24, 2.45) is 0 Å². The number of hydrogen-bond acceptors (Lipinski definition) is 1. The van der Waals surface area contributed by atoms with Crippen molar-refractivity contribution in [1.82, 2.24) is 4.98 Å². The normalized spacial score (nSPS) is 13.1. The van der Waals surface area contributed by atoms with Crippen molar-refractivity contribution < 1.29 is 0 Å². The molecule has 0 N–H and O–H groups in total. The van der Waals surface area contributed by atoms with Gasteiger partial charge in [-0.05, 0) is 31.5 Å². The number of rotatable bonds is 1. The van der Waals surface area contributed by atoms with Crippen molar-refractivity contribution in [2.75, 3.05) is 0 Å². The van der Waals surface area contributed by atoms with Crippen LogP contribution in [0.3, 0.4) is 0 Å². The van der Waals surface area contributed by atoms with Crippen molar-refractivity contribution in [2.45, 2.75) is 18.7 Å². The van der Waals surface area contributed by atoms with Crippen LogP contribution in [0.1, 0.15) is 23.0 Å². The molecule has 1 atom stereocenters. The van der Waals surface area contributed by atoms with E-state index in [1.807, 2.05) is 18.2 Å². The van der Waals surface area contributed by atoms with Crippen molar-refractivity contribution in [3.8, 4) is 0 Å². The minimum absolute atomic E-state index is 0.312. The number of nitrogens with zero attached hydrogens (tertiary/aromatic N) is 1. The number of para-hydroxylation sites is 1. The molecule has 0 bridgehead atoms. The molecule has 2 heteroatoms. The van der Waals surface area contributed by atoms with E-state index >= 15 is 0 Å². The fraction of sp³-hybridized carbons (Fsp3) is 0.250. The number of pyridine rings is 1. The van der Waals surface area contributed by atoms with E-state index in [2.05, 4.69) is 46.9 Å². The fourth-order valence-corrected chi connectivity index (χ4v) is 2.10. The lowest BCUT2D eigenvalue weighted by Crippen LogP contribution is -1.94. The van der Waals surface area contributed by atoms with Crippen LogP contribution in [-0.4, -0.2) is 4.98 Å². The molecule has 0 saturated heterocycles. The van der Waals surface area contributed by atoms with Crippen LogP contribution < -0.4 is 0 Å². The molecule has 1 heterocycles. The van der Waals surface area contributed by atoms with Crippen LogP contribution in [0.2, 0.25) is 0 Å². The van der Waals surface area contributed by atoms with Crippen molar-refractivity contribution in [1.29, 1.82) is 0 Å². The Hall–Kier alpha value is -0.890. The van der Waals surface area contributed by atoms with Gasteiger partial charge in [0.1, 0.15) is 0 Å². The summed E-state index contributed by atoms with van der Waals surface area (Å²) in [5.41, 5.74) is 3.44. The first kappa shape index (κ1) is 9.66. The van der Waals surface area contributed by atoms with Crippen LogP contribution in [0, 0.1) is 6.92 Å². The Bertz CT molecular complexity index is 463. The maximum Gasteiger partial charge on any atom is 0.0705 e. The molecule has 0 spiro atoms. The average Bonchev–Trinajstić information content (AvgIpc) is 2.16.